The van der Waals surface area contributed by atoms with Crippen molar-refractivity contribution >= 4 is 11.6 Å². The average molecular weight is 264 g/mol. The van der Waals surface area contributed by atoms with E-state index in [1.807, 2.05) is 24.3 Å². The minimum atomic E-state index is -0.248. The van der Waals surface area contributed by atoms with Gasteiger partial charge in [-0.15, -0.1) is 0 Å². The Morgan fingerprint density at radius 1 is 1.17 bits per heavy atom. The first kappa shape index (κ1) is 13.1. The smallest absolute Gasteiger partial charge is 0.123 e. The van der Waals surface area contributed by atoms with Crippen LogP contribution < -0.4 is 5.73 Å². The molecule has 0 aliphatic heterocycles. The first-order valence-corrected chi connectivity index (χ1v) is 6.23. The third kappa shape index (κ3) is 2.71. The van der Waals surface area contributed by atoms with Crippen molar-refractivity contribution in [1.82, 2.24) is 0 Å². The quantitative estimate of drug-likeness (QED) is 0.887. The van der Waals surface area contributed by atoms with Gasteiger partial charge in [0, 0.05) is 17.5 Å². The summed E-state index contributed by atoms with van der Waals surface area (Å²) in [6.07, 6.45) is 0. The molecule has 2 aromatic carbocycles. The molecule has 0 radical (unpaired) electrons. The van der Waals surface area contributed by atoms with Crippen molar-refractivity contribution in [2.75, 3.05) is 0 Å². The molecule has 1 nitrogen and oxygen atoms in total. The Labute approximate surface area is 111 Å². The lowest BCUT2D eigenvalue weighted by Crippen LogP contribution is -2.06. The van der Waals surface area contributed by atoms with Crippen LogP contribution in [-0.2, 0) is 6.54 Å². The highest BCUT2D eigenvalue weighted by Crippen LogP contribution is 2.28. The molecule has 0 heterocycles. The van der Waals surface area contributed by atoms with E-state index < -0.39 is 0 Å². The Bertz CT molecular complexity index is 537. The Morgan fingerprint density at radius 2 is 1.83 bits per heavy atom. The zero-order valence-electron chi connectivity index (χ0n) is 10.2. The van der Waals surface area contributed by atoms with Crippen LogP contribution in [0.2, 0.25) is 5.02 Å². The number of halogens is 2. The van der Waals surface area contributed by atoms with Crippen molar-refractivity contribution in [1.29, 1.82) is 0 Å². The summed E-state index contributed by atoms with van der Waals surface area (Å²) in [6, 6.07) is 12.5. The zero-order valence-corrected chi connectivity index (χ0v) is 10.9. The predicted molar refractivity (Wildman–Crippen MR) is 73.3 cm³/mol. The maximum atomic E-state index is 13.2. The van der Waals surface area contributed by atoms with Crippen LogP contribution >= 0.6 is 11.6 Å². The number of nitrogens with two attached hydrogens (primary N) is 1. The summed E-state index contributed by atoms with van der Waals surface area (Å²) in [5, 5.41) is 0.712. The molecule has 2 aromatic rings. The zero-order chi connectivity index (χ0) is 13.1. The molecule has 2 N–H and O–H groups in total. The highest BCUT2D eigenvalue weighted by molar-refractivity contribution is 6.30. The van der Waals surface area contributed by atoms with Gasteiger partial charge in [0.15, 0.2) is 0 Å². The molecule has 0 bridgehead atoms. The van der Waals surface area contributed by atoms with E-state index in [-0.39, 0.29) is 11.7 Å². The molecule has 2 rings (SSSR count). The van der Waals surface area contributed by atoms with Crippen molar-refractivity contribution in [2.45, 2.75) is 19.4 Å². The highest BCUT2D eigenvalue weighted by atomic mass is 35.5. The lowest BCUT2D eigenvalue weighted by atomic mass is 9.89. The molecule has 0 fully saturated rings. The second kappa shape index (κ2) is 5.51. The monoisotopic (exact) mass is 263 g/mol. The van der Waals surface area contributed by atoms with Gasteiger partial charge in [0.25, 0.3) is 0 Å². The second-order valence-corrected chi connectivity index (χ2v) is 4.76. The molecular weight excluding hydrogens is 249 g/mol. The molecule has 0 aromatic heterocycles. The van der Waals surface area contributed by atoms with Crippen LogP contribution in [-0.4, -0.2) is 0 Å². The molecule has 0 saturated carbocycles. The van der Waals surface area contributed by atoms with Crippen LogP contribution in [0.5, 0.6) is 0 Å². The molecule has 18 heavy (non-hydrogen) atoms. The van der Waals surface area contributed by atoms with Gasteiger partial charge in [0.1, 0.15) is 5.82 Å². The molecule has 0 spiro atoms. The molecule has 94 valence electrons. The van der Waals surface area contributed by atoms with Crippen molar-refractivity contribution in [3.63, 3.8) is 0 Å². The fraction of sp³-hybridized carbons (Fsp3) is 0.200. The van der Waals surface area contributed by atoms with Crippen LogP contribution in [0.1, 0.15) is 29.5 Å². The minimum absolute atomic E-state index is 0.168. The largest absolute Gasteiger partial charge is 0.326 e. The van der Waals surface area contributed by atoms with Crippen molar-refractivity contribution < 1.29 is 4.39 Å². The molecule has 0 saturated heterocycles. The third-order valence-electron chi connectivity index (χ3n) is 3.16. The standard InChI is InChI=1S/C15H15ClFN/c1-10(11-2-4-13(16)5-3-11)15-7-6-14(17)8-12(15)9-18/h2-8,10H,9,18H2,1H3. The van der Waals surface area contributed by atoms with Crippen LogP contribution in [0.4, 0.5) is 4.39 Å². The van der Waals surface area contributed by atoms with Crippen LogP contribution in [0, 0.1) is 5.82 Å². The number of benzene rings is 2. The Kier molecular flexibility index (Phi) is 4.00. The van der Waals surface area contributed by atoms with Crippen molar-refractivity contribution in [2.24, 2.45) is 5.73 Å². The Balaban J connectivity index is 2.39. The third-order valence-corrected chi connectivity index (χ3v) is 3.41. The van der Waals surface area contributed by atoms with Crippen LogP contribution in [0.15, 0.2) is 42.5 Å². The van der Waals surface area contributed by atoms with Gasteiger partial charge in [-0.25, -0.2) is 4.39 Å². The summed E-state index contributed by atoms with van der Waals surface area (Å²) in [5.74, 6) is -0.0797. The molecular formula is C15H15ClFN. The van der Waals surface area contributed by atoms with Crippen molar-refractivity contribution in [3.8, 4) is 0 Å². The average Bonchev–Trinajstić information content (AvgIpc) is 2.38. The summed E-state index contributed by atoms with van der Waals surface area (Å²) < 4.78 is 13.2. The Morgan fingerprint density at radius 3 is 2.44 bits per heavy atom. The number of rotatable bonds is 3. The van der Waals surface area contributed by atoms with E-state index in [9.17, 15) is 4.39 Å². The molecule has 1 atom stereocenters. The molecule has 1 unspecified atom stereocenters. The van der Waals surface area contributed by atoms with E-state index in [4.69, 9.17) is 17.3 Å². The van der Waals surface area contributed by atoms with E-state index >= 15 is 0 Å². The predicted octanol–water partition coefficient (Wildman–Crippen LogP) is 4.09. The summed E-state index contributed by atoms with van der Waals surface area (Å²) in [5.41, 5.74) is 8.71. The lowest BCUT2D eigenvalue weighted by molar-refractivity contribution is 0.623. The van der Waals surface area contributed by atoms with Gasteiger partial charge < -0.3 is 5.73 Å². The van der Waals surface area contributed by atoms with E-state index in [1.165, 1.54) is 12.1 Å². The van der Waals surface area contributed by atoms with Crippen molar-refractivity contribution in [3.05, 3.63) is 70.0 Å². The van der Waals surface area contributed by atoms with Gasteiger partial charge in [-0.05, 0) is 41.0 Å². The molecule has 0 aliphatic carbocycles. The fourth-order valence-electron chi connectivity index (χ4n) is 2.10. The van der Waals surface area contributed by atoms with Gasteiger partial charge in [-0.3, -0.25) is 0 Å². The highest BCUT2D eigenvalue weighted by Gasteiger charge is 2.12. The van der Waals surface area contributed by atoms with E-state index in [2.05, 4.69) is 6.92 Å². The van der Waals surface area contributed by atoms with E-state index in [1.54, 1.807) is 6.07 Å². The normalized spacial score (nSPS) is 12.4. The fourth-order valence-corrected chi connectivity index (χ4v) is 2.23. The van der Waals surface area contributed by atoms with Crippen LogP contribution in [0.3, 0.4) is 0 Å². The summed E-state index contributed by atoms with van der Waals surface area (Å²) in [6.45, 7) is 2.42. The van der Waals surface area contributed by atoms with Gasteiger partial charge in [0.2, 0.25) is 0 Å². The van der Waals surface area contributed by atoms with Crippen LogP contribution in [0.25, 0.3) is 0 Å². The Hall–Kier alpha value is -1.38. The molecule has 0 amide bonds. The summed E-state index contributed by atoms with van der Waals surface area (Å²) in [4.78, 5) is 0. The van der Waals surface area contributed by atoms with E-state index in [0.29, 0.717) is 11.6 Å². The SMILES string of the molecule is CC(c1ccc(Cl)cc1)c1ccc(F)cc1CN. The first-order valence-electron chi connectivity index (χ1n) is 5.85. The van der Waals surface area contributed by atoms with E-state index in [0.717, 1.165) is 16.7 Å². The summed E-state index contributed by atoms with van der Waals surface area (Å²) >= 11 is 5.87. The number of hydrogen-bond donors (Lipinski definition) is 1. The topological polar surface area (TPSA) is 26.0 Å². The lowest BCUT2D eigenvalue weighted by Gasteiger charge is -2.16. The van der Waals surface area contributed by atoms with Gasteiger partial charge in [0.05, 0.1) is 0 Å². The summed E-state index contributed by atoms with van der Waals surface area (Å²) in [7, 11) is 0. The molecule has 0 aliphatic rings. The minimum Gasteiger partial charge on any atom is -0.326 e. The molecule has 3 heteroatoms. The first-order chi connectivity index (χ1) is 8.61. The maximum Gasteiger partial charge on any atom is 0.123 e. The maximum absolute atomic E-state index is 13.2. The second-order valence-electron chi connectivity index (χ2n) is 4.32. The van der Waals surface area contributed by atoms with Gasteiger partial charge in [-0.2, -0.15) is 0 Å². The number of hydrogen-bond acceptors (Lipinski definition) is 1. The van der Waals surface area contributed by atoms with Gasteiger partial charge in [-0.1, -0.05) is 36.7 Å². The van der Waals surface area contributed by atoms with Gasteiger partial charge >= 0.3 is 0 Å².